The Labute approximate surface area is 106 Å². The van der Waals surface area contributed by atoms with Crippen LogP contribution in [0.15, 0.2) is 24.5 Å². The van der Waals surface area contributed by atoms with Crippen LogP contribution in [0, 0.1) is 17.5 Å². The van der Waals surface area contributed by atoms with Crippen LogP contribution in [0.4, 0.5) is 13.2 Å². The Morgan fingerprint density at radius 3 is 2.37 bits per heavy atom. The van der Waals surface area contributed by atoms with Crippen LogP contribution in [-0.4, -0.2) is 22.2 Å². The number of nitrogens with zero attached hydrogens (tertiary/aromatic N) is 2. The molecule has 0 aliphatic carbocycles. The van der Waals surface area contributed by atoms with Crippen LogP contribution in [0.3, 0.4) is 0 Å². The molecule has 1 atom stereocenters. The Bertz CT molecular complexity index is 608. The third-order valence-electron chi connectivity index (χ3n) is 2.48. The van der Waals surface area contributed by atoms with Gasteiger partial charge in [-0.2, -0.15) is 0 Å². The zero-order valence-electron chi connectivity index (χ0n) is 9.77. The summed E-state index contributed by atoms with van der Waals surface area (Å²) in [4.78, 5) is 7.58. The van der Waals surface area contributed by atoms with E-state index in [9.17, 15) is 18.3 Å². The van der Waals surface area contributed by atoms with Crippen molar-refractivity contribution in [2.24, 2.45) is 0 Å². The van der Waals surface area contributed by atoms with Gasteiger partial charge in [0.25, 0.3) is 0 Å². The molecule has 1 unspecified atom stereocenters. The number of rotatable bonds is 3. The molecule has 0 bridgehead atoms. The molecule has 0 radical (unpaired) electrons. The van der Waals surface area contributed by atoms with Gasteiger partial charge >= 0.3 is 0 Å². The quantitative estimate of drug-likeness (QED) is 0.866. The summed E-state index contributed by atoms with van der Waals surface area (Å²) in [5.41, 5.74) is -0.535. The summed E-state index contributed by atoms with van der Waals surface area (Å²) in [6.45, 7) is 0. The molecule has 19 heavy (non-hydrogen) atoms. The molecule has 2 aromatic rings. The van der Waals surface area contributed by atoms with Gasteiger partial charge in [0.05, 0.1) is 7.11 Å². The second-order valence-electron chi connectivity index (χ2n) is 3.64. The van der Waals surface area contributed by atoms with Gasteiger partial charge in [0.2, 0.25) is 5.88 Å². The summed E-state index contributed by atoms with van der Waals surface area (Å²) in [6.07, 6.45) is 0.967. The number of aliphatic hydroxyl groups is 1. The summed E-state index contributed by atoms with van der Waals surface area (Å²) < 4.78 is 44.3. The second-order valence-corrected chi connectivity index (χ2v) is 3.64. The van der Waals surface area contributed by atoms with Gasteiger partial charge in [0.1, 0.15) is 17.6 Å². The van der Waals surface area contributed by atoms with Crippen LogP contribution >= 0.6 is 0 Å². The summed E-state index contributed by atoms with van der Waals surface area (Å²) in [5.74, 6) is -3.71. The van der Waals surface area contributed by atoms with Gasteiger partial charge in [0, 0.05) is 24.0 Å². The van der Waals surface area contributed by atoms with Crippen LogP contribution in [0.2, 0.25) is 0 Å². The van der Waals surface area contributed by atoms with E-state index < -0.39 is 29.1 Å². The largest absolute Gasteiger partial charge is 0.480 e. The van der Waals surface area contributed by atoms with Crippen molar-refractivity contribution in [1.29, 1.82) is 0 Å². The van der Waals surface area contributed by atoms with Gasteiger partial charge in [-0.05, 0) is 6.07 Å². The molecule has 1 N–H and O–H groups in total. The van der Waals surface area contributed by atoms with Crippen molar-refractivity contribution in [3.8, 4) is 5.88 Å². The molecule has 0 amide bonds. The van der Waals surface area contributed by atoms with E-state index >= 15 is 0 Å². The average Bonchev–Trinajstić information content (AvgIpc) is 2.42. The molecule has 0 aliphatic rings. The minimum Gasteiger partial charge on any atom is -0.480 e. The van der Waals surface area contributed by atoms with Gasteiger partial charge < -0.3 is 9.84 Å². The molecule has 2 rings (SSSR count). The zero-order valence-corrected chi connectivity index (χ0v) is 9.77. The van der Waals surface area contributed by atoms with Crippen molar-refractivity contribution in [1.82, 2.24) is 9.97 Å². The lowest BCUT2D eigenvalue weighted by Crippen LogP contribution is -2.09. The topological polar surface area (TPSA) is 55.2 Å². The molecule has 0 spiro atoms. The highest BCUT2D eigenvalue weighted by Crippen LogP contribution is 2.28. The van der Waals surface area contributed by atoms with Crippen molar-refractivity contribution >= 4 is 0 Å². The van der Waals surface area contributed by atoms with Gasteiger partial charge in [0.15, 0.2) is 11.6 Å². The molecule has 4 nitrogen and oxygen atoms in total. The fraction of sp³-hybridized carbons (Fsp3) is 0.167. The summed E-state index contributed by atoms with van der Waals surface area (Å²) in [6, 6.07) is 0.931. The number of halogens is 3. The van der Waals surface area contributed by atoms with Gasteiger partial charge in [-0.25, -0.2) is 18.2 Å². The fourth-order valence-corrected chi connectivity index (χ4v) is 1.58. The molecule has 0 aliphatic heterocycles. The number of ether oxygens (including phenoxy) is 1. The van der Waals surface area contributed by atoms with E-state index in [0.29, 0.717) is 12.1 Å². The Morgan fingerprint density at radius 2 is 1.68 bits per heavy atom. The van der Waals surface area contributed by atoms with E-state index in [-0.39, 0.29) is 11.6 Å². The smallest absolute Gasteiger partial charge is 0.238 e. The third-order valence-corrected chi connectivity index (χ3v) is 2.48. The lowest BCUT2D eigenvalue weighted by atomic mass is 10.1. The minimum absolute atomic E-state index is 0.0286. The number of hydrogen-bond acceptors (Lipinski definition) is 4. The number of benzene rings is 1. The van der Waals surface area contributed by atoms with Crippen LogP contribution in [0.1, 0.15) is 17.4 Å². The molecular formula is C12H9F3N2O2. The first kappa shape index (κ1) is 13.3. The Morgan fingerprint density at radius 1 is 1.05 bits per heavy atom. The van der Waals surface area contributed by atoms with Gasteiger partial charge in [-0.3, -0.25) is 4.98 Å². The van der Waals surface area contributed by atoms with E-state index in [2.05, 4.69) is 9.97 Å². The minimum atomic E-state index is -1.61. The predicted molar refractivity (Wildman–Crippen MR) is 59.0 cm³/mol. The SMILES string of the molecule is COc1nccnc1C(O)c1cc(F)c(F)cc1F. The van der Waals surface area contributed by atoms with Crippen molar-refractivity contribution in [3.63, 3.8) is 0 Å². The van der Waals surface area contributed by atoms with E-state index in [1.165, 1.54) is 19.5 Å². The highest BCUT2D eigenvalue weighted by atomic mass is 19.2. The predicted octanol–water partition coefficient (Wildman–Crippen LogP) is 1.98. The van der Waals surface area contributed by atoms with E-state index in [1.54, 1.807) is 0 Å². The Balaban J connectivity index is 2.50. The Kier molecular flexibility index (Phi) is 3.66. The van der Waals surface area contributed by atoms with Crippen molar-refractivity contribution < 1.29 is 23.0 Å². The number of aliphatic hydroxyl groups excluding tert-OH is 1. The standard InChI is InChI=1S/C12H9F3N2O2/c1-19-12-10(16-2-3-17-12)11(18)6-4-8(14)9(15)5-7(6)13/h2-5,11,18H,1H3. The first-order valence-corrected chi connectivity index (χ1v) is 5.22. The maximum Gasteiger partial charge on any atom is 0.238 e. The number of aromatic nitrogens is 2. The molecule has 0 saturated heterocycles. The first-order chi connectivity index (χ1) is 9.04. The van der Waals surface area contributed by atoms with Crippen LogP contribution in [0.5, 0.6) is 5.88 Å². The number of methoxy groups -OCH3 is 1. The monoisotopic (exact) mass is 270 g/mol. The third kappa shape index (κ3) is 2.50. The molecule has 7 heteroatoms. The first-order valence-electron chi connectivity index (χ1n) is 5.22. The van der Waals surface area contributed by atoms with Crippen molar-refractivity contribution in [2.75, 3.05) is 7.11 Å². The molecule has 1 aromatic carbocycles. The fourth-order valence-electron chi connectivity index (χ4n) is 1.58. The number of hydrogen-bond donors (Lipinski definition) is 1. The molecule has 1 aromatic heterocycles. The lowest BCUT2D eigenvalue weighted by molar-refractivity contribution is 0.201. The highest BCUT2D eigenvalue weighted by molar-refractivity contribution is 5.32. The maximum absolute atomic E-state index is 13.5. The van der Waals surface area contributed by atoms with Gasteiger partial charge in [-0.1, -0.05) is 0 Å². The maximum atomic E-state index is 13.5. The summed E-state index contributed by atoms with van der Waals surface area (Å²) in [7, 11) is 1.29. The van der Waals surface area contributed by atoms with Crippen LogP contribution < -0.4 is 4.74 Å². The molecule has 0 fully saturated rings. The summed E-state index contributed by atoms with van der Waals surface area (Å²) in [5, 5.41) is 9.99. The molecule has 100 valence electrons. The molecule has 0 saturated carbocycles. The van der Waals surface area contributed by atoms with E-state index in [0.717, 1.165) is 0 Å². The van der Waals surface area contributed by atoms with Gasteiger partial charge in [-0.15, -0.1) is 0 Å². The molecule has 1 heterocycles. The summed E-state index contributed by atoms with van der Waals surface area (Å²) >= 11 is 0. The molecular weight excluding hydrogens is 261 g/mol. The van der Waals surface area contributed by atoms with E-state index in [4.69, 9.17) is 4.74 Å². The lowest BCUT2D eigenvalue weighted by Gasteiger charge is -2.13. The average molecular weight is 270 g/mol. The van der Waals surface area contributed by atoms with Crippen LogP contribution in [-0.2, 0) is 0 Å². The normalized spacial score (nSPS) is 12.3. The second kappa shape index (κ2) is 5.23. The van der Waals surface area contributed by atoms with Crippen LogP contribution in [0.25, 0.3) is 0 Å². The van der Waals surface area contributed by atoms with E-state index in [1.807, 2.05) is 0 Å². The van der Waals surface area contributed by atoms with Crippen molar-refractivity contribution in [3.05, 3.63) is 53.2 Å². The van der Waals surface area contributed by atoms with Crippen molar-refractivity contribution in [2.45, 2.75) is 6.10 Å². The highest BCUT2D eigenvalue weighted by Gasteiger charge is 2.23. The Hall–Kier alpha value is -2.15. The zero-order chi connectivity index (χ0) is 14.0.